The van der Waals surface area contributed by atoms with Crippen molar-refractivity contribution in [3.63, 3.8) is 0 Å². The van der Waals surface area contributed by atoms with E-state index in [4.69, 9.17) is 5.73 Å². The Hall–Kier alpha value is -1.92. The van der Waals surface area contributed by atoms with Crippen LogP contribution in [0.4, 0.5) is 10.1 Å². The monoisotopic (exact) mass is 308 g/mol. The number of hydrogen-bond acceptors (Lipinski definition) is 3. The molecule has 0 fully saturated rings. The van der Waals surface area contributed by atoms with Gasteiger partial charge in [-0.1, -0.05) is 12.1 Å². The van der Waals surface area contributed by atoms with Crippen molar-refractivity contribution in [2.24, 2.45) is 5.73 Å². The minimum absolute atomic E-state index is 0.0196. The van der Waals surface area contributed by atoms with Gasteiger partial charge in [-0.2, -0.15) is 0 Å². The Kier molecular flexibility index (Phi) is 4.29. The van der Waals surface area contributed by atoms with Crippen molar-refractivity contribution in [1.29, 1.82) is 0 Å². The van der Waals surface area contributed by atoms with Crippen LogP contribution >= 0.6 is 0 Å². The number of aryl methyl sites for hydroxylation is 2. The quantitative estimate of drug-likeness (QED) is 0.912. The van der Waals surface area contributed by atoms with Crippen LogP contribution in [0.2, 0.25) is 0 Å². The van der Waals surface area contributed by atoms with Gasteiger partial charge in [0.05, 0.1) is 4.90 Å². The highest BCUT2D eigenvalue weighted by molar-refractivity contribution is 7.92. The molecule has 112 valence electrons. The standard InChI is InChI=1S/C15H17FN2O2S/c1-10-6-7-12(8-11(10)2)18-21(19,20)15-5-3-4-14(16)13(15)9-17/h3-8,18H,9,17H2,1-2H3. The third-order valence-electron chi connectivity index (χ3n) is 3.33. The topological polar surface area (TPSA) is 72.2 Å². The second-order valence-corrected chi connectivity index (χ2v) is 6.48. The Morgan fingerprint density at radius 2 is 1.86 bits per heavy atom. The molecule has 0 saturated heterocycles. The van der Waals surface area contributed by atoms with E-state index >= 15 is 0 Å². The average Bonchev–Trinajstić information content (AvgIpc) is 2.42. The van der Waals surface area contributed by atoms with Gasteiger partial charge in [0.1, 0.15) is 5.82 Å². The van der Waals surface area contributed by atoms with E-state index in [1.165, 1.54) is 18.2 Å². The summed E-state index contributed by atoms with van der Waals surface area (Å²) in [6.07, 6.45) is 0. The van der Waals surface area contributed by atoms with E-state index in [1.54, 1.807) is 12.1 Å². The van der Waals surface area contributed by atoms with Crippen LogP contribution < -0.4 is 10.5 Å². The lowest BCUT2D eigenvalue weighted by Crippen LogP contribution is -2.17. The highest BCUT2D eigenvalue weighted by Crippen LogP contribution is 2.22. The molecule has 0 saturated carbocycles. The van der Waals surface area contributed by atoms with Crippen LogP contribution in [-0.2, 0) is 16.6 Å². The maximum absolute atomic E-state index is 13.7. The SMILES string of the molecule is Cc1ccc(NS(=O)(=O)c2cccc(F)c2CN)cc1C. The zero-order chi connectivity index (χ0) is 15.6. The Labute approximate surface area is 123 Å². The number of nitrogens with two attached hydrogens (primary N) is 1. The highest BCUT2D eigenvalue weighted by Gasteiger charge is 2.20. The summed E-state index contributed by atoms with van der Waals surface area (Å²) in [6.45, 7) is 3.64. The molecule has 21 heavy (non-hydrogen) atoms. The molecular weight excluding hydrogens is 291 g/mol. The average molecular weight is 308 g/mol. The van der Waals surface area contributed by atoms with E-state index < -0.39 is 15.8 Å². The van der Waals surface area contributed by atoms with Gasteiger partial charge in [0.25, 0.3) is 10.0 Å². The molecule has 2 aromatic rings. The van der Waals surface area contributed by atoms with E-state index in [0.29, 0.717) is 5.69 Å². The van der Waals surface area contributed by atoms with Crippen LogP contribution in [0.25, 0.3) is 0 Å². The molecule has 4 nitrogen and oxygen atoms in total. The lowest BCUT2D eigenvalue weighted by molar-refractivity contribution is 0.585. The van der Waals surface area contributed by atoms with Crippen molar-refractivity contribution < 1.29 is 12.8 Å². The lowest BCUT2D eigenvalue weighted by Gasteiger charge is -2.13. The summed E-state index contributed by atoms with van der Waals surface area (Å²) in [4.78, 5) is -0.136. The van der Waals surface area contributed by atoms with Gasteiger partial charge in [0, 0.05) is 17.8 Å². The largest absolute Gasteiger partial charge is 0.326 e. The first-order valence-electron chi connectivity index (χ1n) is 6.42. The minimum atomic E-state index is -3.88. The number of anilines is 1. The van der Waals surface area contributed by atoms with Crippen LogP contribution in [0.5, 0.6) is 0 Å². The van der Waals surface area contributed by atoms with E-state index in [2.05, 4.69) is 4.72 Å². The molecule has 0 spiro atoms. The van der Waals surface area contributed by atoms with Crippen molar-refractivity contribution in [2.45, 2.75) is 25.3 Å². The van der Waals surface area contributed by atoms with Crippen LogP contribution in [0, 0.1) is 19.7 Å². The molecule has 0 bridgehead atoms. The van der Waals surface area contributed by atoms with Crippen molar-refractivity contribution in [3.8, 4) is 0 Å². The van der Waals surface area contributed by atoms with Crippen LogP contribution in [-0.4, -0.2) is 8.42 Å². The first kappa shape index (κ1) is 15.5. The maximum Gasteiger partial charge on any atom is 0.262 e. The Balaban J connectivity index is 2.43. The molecule has 3 N–H and O–H groups in total. The number of sulfonamides is 1. The van der Waals surface area contributed by atoms with Crippen LogP contribution in [0.15, 0.2) is 41.3 Å². The summed E-state index contributed by atoms with van der Waals surface area (Å²) >= 11 is 0. The van der Waals surface area contributed by atoms with E-state index in [9.17, 15) is 12.8 Å². The smallest absolute Gasteiger partial charge is 0.262 e. The van der Waals surface area contributed by atoms with Crippen molar-refractivity contribution in [3.05, 3.63) is 58.9 Å². The molecule has 0 atom stereocenters. The number of hydrogen-bond donors (Lipinski definition) is 2. The number of nitrogens with one attached hydrogen (secondary N) is 1. The fourth-order valence-electron chi connectivity index (χ4n) is 2.00. The number of benzene rings is 2. The molecule has 0 aliphatic carbocycles. The van der Waals surface area contributed by atoms with Gasteiger partial charge in [-0.25, -0.2) is 12.8 Å². The zero-order valence-electron chi connectivity index (χ0n) is 11.9. The number of rotatable bonds is 4. The van der Waals surface area contributed by atoms with Gasteiger partial charge in [-0.15, -0.1) is 0 Å². The molecule has 0 amide bonds. The van der Waals surface area contributed by atoms with Crippen LogP contribution in [0.3, 0.4) is 0 Å². The molecule has 0 aliphatic heterocycles. The number of halogens is 1. The van der Waals surface area contributed by atoms with Crippen molar-refractivity contribution >= 4 is 15.7 Å². The van der Waals surface area contributed by atoms with Gasteiger partial charge in [-0.3, -0.25) is 4.72 Å². The summed E-state index contributed by atoms with van der Waals surface area (Å²) < 4.78 is 40.9. The Morgan fingerprint density at radius 1 is 1.14 bits per heavy atom. The summed E-state index contributed by atoms with van der Waals surface area (Å²) in [7, 11) is -3.88. The molecular formula is C15H17FN2O2S. The summed E-state index contributed by atoms with van der Waals surface area (Å²) in [5.41, 5.74) is 7.90. The first-order chi connectivity index (χ1) is 9.85. The van der Waals surface area contributed by atoms with Gasteiger partial charge >= 0.3 is 0 Å². The normalized spacial score (nSPS) is 11.4. The van der Waals surface area contributed by atoms with E-state index in [-0.39, 0.29) is 17.0 Å². The Bertz CT molecular complexity index is 773. The zero-order valence-corrected chi connectivity index (χ0v) is 12.7. The maximum atomic E-state index is 13.7. The molecule has 2 aromatic carbocycles. The fourth-order valence-corrected chi connectivity index (χ4v) is 3.31. The third-order valence-corrected chi connectivity index (χ3v) is 4.79. The third kappa shape index (κ3) is 3.22. The van der Waals surface area contributed by atoms with Crippen LogP contribution in [0.1, 0.15) is 16.7 Å². The van der Waals surface area contributed by atoms with Crippen molar-refractivity contribution in [1.82, 2.24) is 0 Å². The molecule has 0 aliphatic rings. The van der Waals surface area contributed by atoms with E-state index in [1.807, 2.05) is 19.9 Å². The molecule has 2 rings (SSSR count). The molecule has 0 aromatic heterocycles. The molecule has 0 heterocycles. The van der Waals surface area contributed by atoms with Gasteiger partial charge in [-0.05, 0) is 49.2 Å². The fraction of sp³-hybridized carbons (Fsp3) is 0.200. The van der Waals surface area contributed by atoms with Gasteiger partial charge in [0.2, 0.25) is 0 Å². The molecule has 0 radical (unpaired) electrons. The van der Waals surface area contributed by atoms with Gasteiger partial charge < -0.3 is 5.73 Å². The Morgan fingerprint density at radius 3 is 2.48 bits per heavy atom. The lowest BCUT2D eigenvalue weighted by atomic mass is 10.1. The molecule has 0 unspecified atom stereocenters. The first-order valence-corrected chi connectivity index (χ1v) is 7.91. The minimum Gasteiger partial charge on any atom is -0.326 e. The highest BCUT2D eigenvalue weighted by atomic mass is 32.2. The van der Waals surface area contributed by atoms with Crippen molar-refractivity contribution in [2.75, 3.05) is 4.72 Å². The second-order valence-electron chi connectivity index (χ2n) is 4.83. The van der Waals surface area contributed by atoms with Gasteiger partial charge in [0.15, 0.2) is 0 Å². The van der Waals surface area contributed by atoms with E-state index in [0.717, 1.165) is 11.1 Å². The summed E-state index contributed by atoms with van der Waals surface area (Å²) in [5, 5.41) is 0. The second kappa shape index (κ2) is 5.83. The summed E-state index contributed by atoms with van der Waals surface area (Å²) in [6, 6.07) is 9.10. The molecule has 6 heteroatoms. The predicted octanol–water partition coefficient (Wildman–Crippen LogP) is 2.70. The predicted molar refractivity (Wildman–Crippen MR) is 81.0 cm³/mol. The summed E-state index contributed by atoms with van der Waals surface area (Å²) in [5.74, 6) is -0.625.